The summed E-state index contributed by atoms with van der Waals surface area (Å²) in [5.74, 6) is 0.929. The van der Waals surface area contributed by atoms with Crippen LogP contribution in [0.2, 0.25) is 0 Å². The minimum atomic E-state index is 0.163. The molecule has 0 spiro atoms. The summed E-state index contributed by atoms with van der Waals surface area (Å²) >= 11 is 1.65. The molecule has 2 rings (SSSR count). The number of nitrogens with one attached hydrogen (secondary N) is 1. The van der Waals surface area contributed by atoms with Gasteiger partial charge in [0.1, 0.15) is 5.76 Å². The Kier molecular flexibility index (Phi) is 2.54. The second-order valence-corrected chi connectivity index (χ2v) is 4.39. The van der Waals surface area contributed by atoms with Gasteiger partial charge in [-0.25, -0.2) is 4.98 Å². The summed E-state index contributed by atoms with van der Waals surface area (Å²) in [5, 5.41) is 4.22. The highest BCUT2D eigenvalue weighted by atomic mass is 32.1. The standard InChI is InChI=1S/C10H12N2OS/c1-7-6-11-10(14-7)12-8(2)9-4-3-5-13-9/h3-6,8H,1-2H3,(H,11,12). The number of thiazole rings is 1. The number of furan rings is 1. The van der Waals surface area contributed by atoms with Crippen molar-refractivity contribution in [2.45, 2.75) is 19.9 Å². The summed E-state index contributed by atoms with van der Waals surface area (Å²) in [5.41, 5.74) is 0. The van der Waals surface area contributed by atoms with Crippen molar-refractivity contribution >= 4 is 16.5 Å². The molecule has 14 heavy (non-hydrogen) atoms. The molecular weight excluding hydrogens is 196 g/mol. The number of hydrogen-bond acceptors (Lipinski definition) is 4. The summed E-state index contributed by atoms with van der Waals surface area (Å²) in [6.45, 7) is 4.09. The zero-order valence-corrected chi connectivity index (χ0v) is 8.97. The smallest absolute Gasteiger partial charge is 0.183 e. The number of aryl methyl sites for hydroxylation is 1. The average molecular weight is 208 g/mol. The number of aromatic nitrogens is 1. The number of rotatable bonds is 3. The summed E-state index contributed by atoms with van der Waals surface area (Å²) in [7, 11) is 0. The molecule has 0 fully saturated rings. The van der Waals surface area contributed by atoms with Crippen molar-refractivity contribution in [3.63, 3.8) is 0 Å². The molecule has 0 aliphatic rings. The molecule has 2 aromatic heterocycles. The van der Waals surface area contributed by atoms with Gasteiger partial charge >= 0.3 is 0 Å². The van der Waals surface area contributed by atoms with E-state index in [9.17, 15) is 0 Å². The van der Waals surface area contributed by atoms with E-state index in [2.05, 4.69) is 17.2 Å². The van der Waals surface area contributed by atoms with Gasteiger partial charge in [-0.15, -0.1) is 11.3 Å². The quantitative estimate of drug-likeness (QED) is 0.841. The topological polar surface area (TPSA) is 38.1 Å². The van der Waals surface area contributed by atoms with E-state index in [1.54, 1.807) is 17.6 Å². The van der Waals surface area contributed by atoms with Gasteiger partial charge in [-0.1, -0.05) is 0 Å². The third kappa shape index (κ3) is 1.96. The molecular formula is C10H12N2OS. The van der Waals surface area contributed by atoms with Crippen molar-refractivity contribution in [3.8, 4) is 0 Å². The van der Waals surface area contributed by atoms with Crippen molar-refractivity contribution in [1.29, 1.82) is 0 Å². The minimum absolute atomic E-state index is 0.163. The van der Waals surface area contributed by atoms with Crippen molar-refractivity contribution in [3.05, 3.63) is 35.2 Å². The molecule has 1 atom stereocenters. The van der Waals surface area contributed by atoms with Crippen molar-refractivity contribution in [2.24, 2.45) is 0 Å². The average Bonchev–Trinajstić information content (AvgIpc) is 2.75. The van der Waals surface area contributed by atoms with Gasteiger partial charge in [0.05, 0.1) is 12.3 Å². The molecule has 0 saturated carbocycles. The maximum Gasteiger partial charge on any atom is 0.183 e. The maximum absolute atomic E-state index is 5.29. The van der Waals surface area contributed by atoms with Crippen LogP contribution in [0.15, 0.2) is 29.0 Å². The molecule has 1 unspecified atom stereocenters. The fourth-order valence-corrected chi connectivity index (χ4v) is 1.97. The van der Waals surface area contributed by atoms with Crippen molar-refractivity contribution in [2.75, 3.05) is 5.32 Å². The van der Waals surface area contributed by atoms with Crippen LogP contribution in [-0.4, -0.2) is 4.98 Å². The highest BCUT2D eigenvalue weighted by Gasteiger charge is 2.09. The number of anilines is 1. The van der Waals surface area contributed by atoms with Gasteiger partial charge < -0.3 is 9.73 Å². The number of hydrogen-bond donors (Lipinski definition) is 1. The maximum atomic E-state index is 5.29. The van der Waals surface area contributed by atoms with Crippen LogP contribution < -0.4 is 5.32 Å². The van der Waals surface area contributed by atoms with Gasteiger partial charge in [-0.2, -0.15) is 0 Å². The second-order valence-electron chi connectivity index (χ2n) is 3.16. The van der Waals surface area contributed by atoms with Gasteiger partial charge in [0.2, 0.25) is 0 Å². The molecule has 0 bridgehead atoms. The highest BCUT2D eigenvalue weighted by molar-refractivity contribution is 7.15. The zero-order chi connectivity index (χ0) is 9.97. The van der Waals surface area contributed by atoms with Gasteiger partial charge in [-0.05, 0) is 26.0 Å². The fraction of sp³-hybridized carbons (Fsp3) is 0.300. The molecule has 0 aromatic carbocycles. The van der Waals surface area contributed by atoms with Crippen molar-refractivity contribution < 1.29 is 4.42 Å². The summed E-state index contributed by atoms with van der Waals surface area (Å²) < 4.78 is 5.29. The lowest BCUT2D eigenvalue weighted by Gasteiger charge is -2.08. The van der Waals surface area contributed by atoms with Crippen LogP contribution in [0.4, 0.5) is 5.13 Å². The van der Waals surface area contributed by atoms with Crippen LogP contribution >= 0.6 is 11.3 Å². The Morgan fingerprint density at radius 1 is 1.57 bits per heavy atom. The first kappa shape index (κ1) is 9.27. The van der Waals surface area contributed by atoms with E-state index in [1.165, 1.54) is 4.88 Å². The summed E-state index contributed by atoms with van der Waals surface area (Å²) in [6.07, 6.45) is 3.54. The molecule has 0 aliphatic heterocycles. The van der Waals surface area contributed by atoms with Gasteiger partial charge in [0.25, 0.3) is 0 Å². The Morgan fingerprint density at radius 3 is 3.00 bits per heavy atom. The molecule has 4 heteroatoms. The predicted molar refractivity (Wildman–Crippen MR) is 57.6 cm³/mol. The molecule has 3 nitrogen and oxygen atoms in total. The molecule has 0 amide bonds. The van der Waals surface area contributed by atoms with E-state index in [0.717, 1.165) is 10.9 Å². The predicted octanol–water partition coefficient (Wildman–Crippen LogP) is 3.22. The lowest BCUT2D eigenvalue weighted by molar-refractivity contribution is 0.490. The molecule has 2 aromatic rings. The fourth-order valence-electron chi connectivity index (χ4n) is 1.22. The molecule has 0 radical (unpaired) electrons. The van der Waals surface area contributed by atoms with Crippen LogP contribution in [0, 0.1) is 6.92 Å². The van der Waals surface area contributed by atoms with Crippen LogP contribution in [0.25, 0.3) is 0 Å². The summed E-state index contributed by atoms with van der Waals surface area (Å²) in [4.78, 5) is 5.44. The third-order valence-corrected chi connectivity index (χ3v) is 2.78. The van der Waals surface area contributed by atoms with Gasteiger partial charge in [-0.3, -0.25) is 0 Å². The van der Waals surface area contributed by atoms with E-state index >= 15 is 0 Å². The lowest BCUT2D eigenvalue weighted by Crippen LogP contribution is -2.04. The third-order valence-electron chi connectivity index (χ3n) is 1.93. The van der Waals surface area contributed by atoms with Gasteiger partial charge in [0.15, 0.2) is 5.13 Å². The monoisotopic (exact) mass is 208 g/mol. The molecule has 74 valence electrons. The lowest BCUT2D eigenvalue weighted by atomic mass is 10.3. The Labute approximate surface area is 86.8 Å². The highest BCUT2D eigenvalue weighted by Crippen LogP contribution is 2.23. The van der Waals surface area contributed by atoms with E-state index < -0.39 is 0 Å². The minimum Gasteiger partial charge on any atom is -0.467 e. The first-order valence-corrected chi connectivity index (χ1v) is 5.30. The van der Waals surface area contributed by atoms with Crippen LogP contribution in [0.3, 0.4) is 0 Å². The molecule has 0 saturated heterocycles. The van der Waals surface area contributed by atoms with E-state index in [0.29, 0.717) is 0 Å². The normalized spacial score (nSPS) is 12.7. The Balaban J connectivity index is 2.05. The summed E-state index contributed by atoms with van der Waals surface area (Å²) in [6, 6.07) is 4.01. The molecule has 0 aliphatic carbocycles. The van der Waals surface area contributed by atoms with Crippen LogP contribution in [0.1, 0.15) is 23.6 Å². The van der Waals surface area contributed by atoms with Crippen molar-refractivity contribution in [1.82, 2.24) is 4.98 Å². The van der Waals surface area contributed by atoms with E-state index in [1.807, 2.05) is 25.3 Å². The van der Waals surface area contributed by atoms with Crippen LogP contribution in [0.5, 0.6) is 0 Å². The van der Waals surface area contributed by atoms with Gasteiger partial charge in [0, 0.05) is 11.1 Å². The Hall–Kier alpha value is -1.29. The Bertz CT molecular complexity index is 394. The van der Waals surface area contributed by atoms with E-state index in [-0.39, 0.29) is 6.04 Å². The Morgan fingerprint density at radius 2 is 2.43 bits per heavy atom. The van der Waals surface area contributed by atoms with Crippen LogP contribution in [-0.2, 0) is 0 Å². The second kappa shape index (κ2) is 3.84. The first-order chi connectivity index (χ1) is 6.75. The molecule has 2 heterocycles. The largest absolute Gasteiger partial charge is 0.467 e. The SMILES string of the molecule is Cc1cnc(NC(C)c2ccco2)s1. The zero-order valence-electron chi connectivity index (χ0n) is 8.15. The first-order valence-electron chi connectivity index (χ1n) is 4.48. The molecule has 1 N–H and O–H groups in total. The van der Waals surface area contributed by atoms with E-state index in [4.69, 9.17) is 4.42 Å². The number of nitrogens with zero attached hydrogens (tertiary/aromatic N) is 1.